The Bertz CT molecular complexity index is 474. The summed E-state index contributed by atoms with van der Waals surface area (Å²) in [7, 11) is 0. The predicted octanol–water partition coefficient (Wildman–Crippen LogP) is 11.0. The van der Waals surface area contributed by atoms with Gasteiger partial charge in [-0.05, 0) is 38.5 Å². The molecule has 0 aliphatic carbocycles. The molecule has 0 saturated carbocycles. The number of carbonyl (C=O) groups excluding carboxylic acids is 1. The van der Waals surface area contributed by atoms with Crippen LogP contribution in [-0.2, 0) is 9.53 Å². The molecule has 0 aromatic heterocycles. The summed E-state index contributed by atoms with van der Waals surface area (Å²) in [4.78, 5) is 11.9. The second-order valence-electron chi connectivity index (χ2n) is 11.3. The van der Waals surface area contributed by atoms with E-state index < -0.39 is 0 Å². The average molecular weight is 523 g/mol. The SMILES string of the molecule is CCCCCCCCCCCCCCCCOC(=O)CCCCCCC/C=C\C[C@@H](O)CCCCCC. The lowest BCUT2D eigenvalue weighted by Crippen LogP contribution is -2.05. The minimum absolute atomic E-state index is 0.00845. The highest BCUT2D eigenvalue weighted by Crippen LogP contribution is 2.14. The first-order valence-electron chi connectivity index (χ1n) is 16.7. The molecule has 0 amide bonds. The maximum Gasteiger partial charge on any atom is 0.305 e. The van der Waals surface area contributed by atoms with Crippen molar-refractivity contribution < 1.29 is 14.6 Å². The van der Waals surface area contributed by atoms with Gasteiger partial charge in [0.15, 0.2) is 0 Å². The molecule has 0 aromatic carbocycles. The van der Waals surface area contributed by atoms with Crippen LogP contribution in [0, 0.1) is 0 Å². The second kappa shape index (κ2) is 31.4. The monoisotopic (exact) mass is 523 g/mol. The highest BCUT2D eigenvalue weighted by atomic mass is 16.5. The molecule has 0 saturated heterocycles. The number of hydrogen-bond donors (Lipinski definition) is 1. The van der Waals surface area contributed by atoms with E-state index in [1.807, 2.05) is 0 Å². The van der Waals surface area contributed by atoms with Gasteiger partial charge in [0.1, 0.15) is 0 Å². The fourth-order valence-corrected chi connectivity index (χ4v) is 4.91. The Labute approximate surface area is 232 Å². The van der Waals surface area contributed by atoms with E-state index in [4.69, 9.17) is 4.74 Å². The number of ether oxygens (including phenoxy) is 1. The number of aliphatic hydroxyl groups is 1. The van der Waals surface area contributed by atoms with Crippen LogP contribution in [0.15, 0.2) is 12.2 Å². The van der Waals surface area contributed by atoms with Gasteiger partial charge in [0.05, 0.1) is 12.7 Å². The van der Waals surface area contributed by atoms with Crippen molar-refractivity contribution in [2.24, 2.45) is 0 Å². The summed E-state index contributed by atoms with van der Waals surface area (Å²) in [5.41, 5.74) is 0. The summed E-state index contributed by atoms with van der Waals surface area (Å²) in [6.45, 7) is 5.11. The van der Waals surface area contributed by atoms with Crippen molar-refractivity contribution in [2.45, 2.75) is 193 Å². The lowest BCUT2D eigenvalue weighted by Gasteiger charge is -2.07. The highest BCUT2D eigenvalue weighted by Gasteiger charge is 2.03. The van der Waals surface area contributed by atoms with Crippen LogP contribution >= 0.6 is 0 Å². The van der Waals surface area contributed by atoms with Gasteiger partial charge in [-0.25, -0.2) is 0 Å². The van der Waals surface area contributed by atoms with Gasteiger partial charge >= 0.3 is 5.97 Å². The smallest absolute Gasteiger partial charge is 0.305 e. The fourth-order valence-electron chi connectivity index (χ4n) is 4.91. The van der Waals surface area contributed by atoms with Gasteiger partial charge in [-0.3, -0.25) is 4.79 Å². The molecule has 3 nitrogen and oxygen atoms in total. The molecular formula is C34H66O3. The summed E-state index contributed by atoms with van der Waals surface area (Å²) in [5.74, 6) is -0.00845. The Kier molecular flexibility index (Phi) is 30.7. The molecular weight excluding hydrogens is 456 g/mol. The van der Waals surface area contributed by atoms with Crippen LogP contribution in [-0.4, -0.2) is 23.8 Å². The van der Waals surface area contributed by atoms with Gasteiger partial charge in [0, 0.05) is 6.42 Å². The first-order chi connectivity index (χ1) is 18.2. The third kappa shape index (κ3) is 31.3. The van der Waals surface area contributed by atoms with E-state index >= 15 is 0 Å². The first-order valence-corrected chi connectivity index (χ1v) is 16.7. The molecule has 0 fully saturated rings. The minimum Gasteiger partial charge on any atom is -0.466 e. The van der Waals surface area contributed by atoms with Crippen molar-refractivity contribution in [3.63, 3.8) is 0 Å². The number of rotatable bonds is 30. The van der Waals surface area contributed by atoms with Gasteiger partial charge in [-0.2, -0.15) is 0 Å². The summed E-state index contributed by atoms with van der Waals surface area (Å²) in [6.07, 6.45) is 37.1. The molecule has 0 unspecified atom stereocenters. The minimum atomic E-state index is -0.165. The lowest BCUT2D eigenvalue weighted by atomic mass is 10.0. The number of allylic oxidation sites excluding steroid dienone is 1. The maximum atomic E-state index is 11.9. The maximum absolute atomic E-state index is 11.9. The van der Waals surface area contributed by atoms with Crippen LogP contribution in [0.2, 0.25) is 0 Å². The van der Waals surface area contributed by atoms with E-state index in [1.165, 1.54) is 122 Å². The summed E-state index contributed by atoms with van der Waals surface area (Å²) >= 11 is 0. The molecule has 0 radical (unpaired) electrons. The molecule has 0 rings (SSSR count). The fraction of sp³-hybridized carbons (Fsp3) is 0.912. The molecule has 0 heterocycles. The van der Waals surface area contributed by atoms with Gasteiger partial charge in [-0.1, -0.05) is 154 Å². The molecule has 0 aromatic rings. The number of esters is 1. The Morgan fingerprint density at radius 3 is 1.62 bits per heavy atom. The summed E-state index contributed by atoms with van der Waals surface area (Å²) < 4.78 is 5.41. The van der Waals surface area contributed by atoms with E-state index in [0.29, 0.717) is 13.0 Å². The zero-order valence-corrected chi connectivity index (χ0v) is 25.3. The molecule has 0 aliphatic heterocycles. The van der Waals surface area contributed by atoms with E-state index in [9.17, 15) is 9.90 Å². The zero-order valence-electron chi connectivity index (χ0n) is 25.3. The van der Waals surface area contributed by atoms with Crippen molar-refractivity contribution in [3.05, 3.63) is 12.2 Å². The number of hydrogen-bond acceptors (Lipinski definition) is 3. The molecule has 0 aliphatic rings. The van der Waals surface area contributed by atoms with Gasteiger partial charge < -0.3 is 9.84 Å². The first kappa shape index (κ1) is 36.2. The van der Waals surface area contributed by atoms with Crippen LogP contribution in [0.25, 0.3) is 0 Å². The van der Waals surface area contributed by atoms with Crippen LogP contribution in [0.1, 0.15) is 187 Å². The summed E-state index contributed by atoms with van der Waals surface area (Å²) in [6, 6.07) is 0. The summed E-state index contributed by atoms with van der Waals surface area (Å²) in [5, 5.41) is 9.97. The van der Waals surface area contributed by atoms with Crippen molar-refractivity contribution in [1.29, 1.82) is 0 Å². The zero-order chi connectivity index (χ0) is 27.1. The predicted molar refractivity (Wildman–Crippen MR) is 162 cm³/mol. The van der Waals surface area contributed by atoms with Crippen LogP contribution in [0.5, 0.6) is 0 Å². The molecule has 1 atom stereocenters. The topological polar surface area (TPSA) is 46.5 Å². The third-order valence-electron chi connectivity index (χ3n) is 7.48. The van der Waals surface area contributed by atoms with Crippen LogP contribution < -0.4 is 0 Å². The van der Waals surface area contributed by atoms with E-state index in [-0.39, 0.29) is 12.1 Å². The number of unbranched alkanes of at least 4 members (excludes halogenated alkanes) is 21. The van der Waals surface area contributed by atoms with Crippen LogP contribution in [0.3, 0.4) is 0 Å². The quantitative estimate of drug-likeness (QED) is 0.0579. The Morgan fingerprint density at radius 2 is 1.05 bits per heavy atom. The molecule has 0 bridgehead atoms. The van der Waals surface area contributed by atoms with Gasteiger partial charge in [0.25, 0.3) is 0 Å². The molecule has 3 heteroatoms. The van der Waals surface area contributed by atoms with Gasteiger partial charge in [0.2, 0.25) is 0 Å². The van der Waals surface area contributed by atoms with Crippen molar-refractivity contribution in [3.8, 4) is 0 Å². The largest absolute Gasteiger partial charge is 0.466 e. The van der Waals surface area contributed by atoms with Crippen molar-refractivity contribution in [1.82, 2.24) is 0 Å². The normalized spacial score (nSPS) is 12.4. The molecule has 0 spiro atoms. The van der Waals surface area contributed by atoms with E-state index in [0.717, 1.165) is 44.9 Å². The van der Waals surface area contributed by atoms with Crippen LogP contribution in [0.4, 0.5) is 0 Å². The number of aliphatic hydroxyl groups excluding tert-OH is 1. The number of carbonyl (C=O) groups is 1. The van der Waals surface area contributed by atoms with Crippen molar-refractivity contribution >= 4 is 5.97 Å². The molecule has 1 N–H and O–H groups in total. The second-order valence-corrected chi connectivity index (χ2v) is 11.3. The molecule has 220 valence electrons. The Morgan fingerprint density at radius 1 is 0.595 bits per heavy atom. The highest BCUT2D eigenvalue weighted by molar-refractivity contribution is 5.69. The van der Waals surface area contributed by atoms with Gasteiger partial charge in [-0.15, -0.1) is 0 Å². The standard InChI is InChI=1S/C34H66O3/c1-3-5-7-9-10-11-12-13-14-15-18-21-24-28-32-37-34(36)31-27-23-20-17-16-19-22-26-30-33(35)29-25-8-6-4-2/h22,26,33,35H,3-21,23-25,27-32H2,1-2H3/b26-22-/t33-/m0/s1. The van der Waals surface area contributed by atoms with E-state index in [2.05, 4.69) is 26.0 Å². The average Bonchev–Trinajstić information content (AvgIpc) is 2.90. The molecule has 37 heavy (non-hydrogen) atoms. The Hall–Kier alpha value is -0.830. The Balaban J connectivity index is 3.26. The van der Waals surface area contributed by atoms with Crippen molar-refractivity contribution in [2.75, 3.05) is 6.61 Å². The van der Waals surface area contributed by atoms with E-state index in [1.54, 1.807) is 0 Å². The lowest BCUT2D eigenvalue weighted by molar-refractivity contribution is -0.143. The third-order valence-corrected chi connectivity index (χ3v) is 7.48.